The summed E-state index contributed by atoms with van der Waals surface area (Å²) < 4.78 is 0. The van der Waals surface area contributed by atoms with Crippen LogP contribution in [0.1, 0.15) is 6.92 Å². The Labute approximate surface area is 77.2 Å². The van der Waals surface area contributed by atoms with Gasteiger partial charge in [0.15, 0.2) is 0 Å². The minimum Gasteiger partial charge on any atom is -0.395 e. The highest BCUT2D eigenvalue weighted by molar-refractivity contribution is 5.41. The first-order valence-corrected chi connectivity index (χ1v) is 4.27. The van der Waals surface area contributed by atoms with E-state index in [1.807, 2.05) is 6.92 Å². The van der Waals surface area contributed by atoms with Gasteiger partial charge in [-0.1, -0.05) is 0 Å². The smallest absolute Gasteiger partial charge is 0.147 e. The van der Waals surface area contributed by atoms with Crippen molar-refractivity contribution < 1.29 is 5.11 Å². The molecule has 1 aromatic rings. The third-order valence-corrected chi connectivity index (χ3v) is 1.41. The SMILES string of the molecule is CCNc1cncc(NCCO)n1. The quantitative estimate of drug-likeness (QED) is 0.611. The lowest BCUT2D eigenvalue weighted by Gasteiger charge is -2.05. The van der Waals surface area contributed by atoms with Gasteiger partial charge in [0.2, 0.25) is 0 Å². The van der Waals surface area contributed by atoms with Crippen LogP contribution in [0.15, 0.2) is 12.4 Å². The molecule has 5 nitrogen and oxygen atoms in total. The Hall–Kier alpha value is -1.36. The van der Waals surface area contributed by atoms with Crippen molar-refractivity contribution in [1.82, 2.24) is 9.97 Å². The van der Waals surface area contributed by atoms with E-state index in [0.717, 1.165) is 12.4 Å². The van der Waals surface area contributed by atoms with Crippen molar-refractivity contribution in [2.45, 2.75) is 6.92 Å². The van der Waals surface area contributed by atoms with Gasteiger partial charge in [-0.2, -0.15) is 0 Å². The minimum atomic E-state index is 0.0904. The molecule has 0 atom stereocenters. The average molecular weight is 182 g/mol. The van der Waals surface area contributed by atoms with Crippen LogP contribution in [0.5, 0.6) is 0 Å². The number of aromatic nitrogens is 2. The van der Waals surface area contributed by atoms with E-state index in [4.69, 9.17) is 5.11 Å². The van der Waals surface area contributed by atoms with E-state index in [1.165, 1.54) is 0 Å². The van der Waals surface area contributed by atoms with Gasteiger partial charge in [-0.05, 0) is 6.92 Å². The van der Waals surface area contributed by atoms with E-state index in [0.29, 0.717) is 12.4 Å². The summed E-state index contributed by atoms with van der Waals surface area (Å²) in [6, 6.07) is 0. The molecule has 1 aromatic heterocycles. The second-order valence-electron chi connectivity index (χ2n) is 2.47. The molecule has 0 radical (unpaired) electrons. The lowest BCUT2D eigenvalue weighted by molar-refractivity contribution is 0.311. The molecule has 0 bridgehead atoms. The Bertz CT molecular complexity index is 254. The summed E-state index contributed by atoms with van der Waals surface area (Å²) in [6.45, 7) is 3.39. The predicted octanol–water partition coefficient (Wildman–Crippen LogP) is 0.313. The summed E-state index contributed by atoms with van der Waals surface area (Å²) in [5, 5.41) is 14.6. The first-order valence-electron chi connectivity index (χ1n) is 4.27. The summed E-state index contributed by atoms with van der Waals surface area (Å²) >= 11 is 0. The van der Waals surface area contributed by atoms with Crippen LogP contribution in [0.4, 0.5) is 11.6 Å². The highest BCUT2D eigenvalue weighted by Gasteiger charge is 1.95. The summed E-state index contributed by atoms with van der Waals surface area (Å²) in [4.78, 5) is 8.19. The number of aliphatic hydroxyl groups is 1. The van der Waals surface area contributed by atoms with Gasteiger partial charge in [0.25, 0.3) is 0 Å². The van der Waals surface area contributed by atoms with Crippen LogP contribution >= 0.6 is 0 Å². The molecule has 13 heavy (non-hydrogen) atoms. The van der Waals surface area contributed by atoms with Gasteiger partial charge >= 0.3 is 0 Å². The lowest BCUT2D eigenvalue weighted by atomic mass is 10.5. The zero-order valence-electron chi connectivity index (χ0n) is 7.62. The van der Waals surface area contributed by atoms with Crippen LogP contribution in [0, 0.1) is 0 Å². The monoisotopic (exact) mass is 182 g/mol. The van der Waals surface area contributed by atoms with Gasteiger partial charge < -0.3 is 15.7 Å². The van der Waals surface area contributed by atoms with Crippen molar-refractivity contribution in [3.05, 3.63) is 12.4 Å². The Morgan fingerprint density at radius 3 is 2.62 bits per heavy atom. The highest BCUT2D eigenvalue weighted by Crippen LogP contribution is 2.05. The average Bonchev–Trinajstić information content (AvgIpc) is 2.16. The Balaban J connectivity index is 2.56. The Morgan fingerprint density at radius 1 is 1.31 bits per heavy atom. The first kappa shape index (κ1) is 9.73. The van der Waals surface area contributed by atoms with Gasteiger partial charge in [-0.3, -0.25) is 4.98 Å². The molecular formula is C8H14N4O. The summed E-state index contributed by atoms with van der Waals surface area (Å²) in [5.41, 5.74) is 0. The Kier molecular flexibility index (Phi) is 3.98. The maximum atomic E-state index is 8.57. The van der Waals surface area contributed by atoms with E-state index in [9.17, 15) is 0 Å². The van der Waals surface area contributed by atoms with Crippen LogP contribution in [-0.2, 0) is 0 Å². The zero-order valence-corrected chi connectivity index (χ0v) is 7.62. The number of nitrogens with zero attached hydrogens (tertiary/aromatic N) is 2. The molecule has 0 aliphatic rings. The second kappa shape index (κ2) is 5.31. The zero-order chi connectivity index (χ0) is 9.52. The molecule has 72 valence electrons. The van der Waals surface area contributed by atoms with Crippen LogP contribution in [0.3, 0.4) is 0 Å². The van der Waals surface area contributed by atoms with Crippen molar-refractivity contribution >= 4 is 11.6 Å². The molecule has 0 saturated carbocycles. The van der Waals surface area contributed by atoms with Gasteiger partial charge in [0.05, 0.1) is 19.0 Å². The van der Waals surface area contributed by atoms with E-state index < -0.39 is 0 Å². The fraction of sp³-hybridized carbons (Fsp3) is 0.500. The molecule has 0 aliphatic carbocycles. The molecule has 1 heterocycles. The standard InChI is InChI=1S/C8H14N4O/c1-2-10-7-5-9-6-8(12-7)11-3-4-13/h5-6,13H,2-4H2,1H3,(H2,10,11,12). The lowest BCUT2D eigenvalue weighted by Crippen LogP contribution is -2.08. The van der Waals surface area contributed by atoms with Gasteiger partial charge in [-0.25, -0.2) is 4.98 Å². The van der Waals surface area contributed by atoms with E-state index in [2.05, 4.69) is 20.6 Å². The van der Waals surface area contributed by atoms with Crippen molar-refractivity contribution in [2.75, 3.05) is 30.3 Å². The highest BCUT2D eigenvalue weighted by atomic mass is 16.3. The van der Waals surface area contributed by atoms with Crippen LogP contribution in [0.25, 0.3) is 0 Å². The molecule has 0 unspecified atom stereocenters. The molecular weight excluding hydrogens is 168 g/mol. The molecule has 0 aliphatic heterocycles. The van der Waals surface area contributed by atoms with Crippen LogP contribution < -0.4 is 10.6 Å². The number of hydrogen-bond acceptors (Lipinski definition) is 5. The second-order valence-corrected chi connectivity index (χ2v) is 2.47. The van der Waals surface area contributed by atoms with E-state index in [-0.39, 0.29) is 6.61 Å². The molecule has 5 heteroatoms. The number of aliphatic hydroxyl groups excluding tert-OH is 1. The van der Waals surface area contributed by atoms with E-state index in [1.54, 1.807) is 12.4 Å². The van der Waals surface area contributed by atoms with Crippen molar-refractivity contribution in [3.63, 3.8) is 0 Å². The molecule has 0 amide bonds. The normalized spacial score (nSPS) is 9.69. The summed E-state index contributed by atoms with van der Waals surface area (Å²) in [6.07, 6.45) is 3.28. The van der Waals surface area contributed by atoms with Crippen LogP contribution in [0.2, 0.25) is 0 Å². The number of hydrogen-bond donors (Lipinski definition) is 3. The number of rotatable bonds is 5. The van der Waals surface area contributed by atoms with Gasteiger partial charge in [0, 0.05) is 13.1 Å². The van der Waals surface area contributed by atoms with Crippen molar-refractivity contribution in [1.29, 1.82) is 0 Å². The summed E-state index contributed by atoms with van der Waals surface area (Å²) in [7, 11) is 0. The Morgan fingerprint density at radius 2 is 2.00 bits per heavy atom. The topological polar surface area (TPSA) is 70.1 Å². The molecule has 0 spiro atoms. The third kappa shape index (κ3) is 3.25. The summed E-state index contributed by atoms with van der Waals surface area (Å²) in [5.74, 6) is 1.41. The van der Waals surface area contributed by atoms with Crippen LogP contribution in [-0.4, -0.2) is 34.8 Å². The number of nitrogens with one attached hydrogen (secondary N) is 2. The maximum absolute atomic E-state index is 8.57. The fourth-order valence-electron chi connectivity index (χ4n) is 0.901. The largest absolute Gasteiger partial charge is 0.395 e. The third-order valence-electron chi connectivity index (χ3n) is 1.41. The molecule has 0 aromatic carbocycles. The maximum Gasteiger partial charge on any atom is 0.147 e. The molecule has 3 N–H and O–H groups in total. The molecule has 0 fully saturated rings. The van der Waals surface area contributed by atoms with Crippen molar-refractivity contribution in [3.8, 4) is 0 Å². The van der Waals surface area contributed by atoms with E-state index >= 15 is 0 Å². The van der Waals surface area contributed by atoms with Gasteiger partial charge in [-0.15, -0.1) is 0 Å². The minimum absolute atomic E-state index is 0.0904. The van der Waals surface area contributed by atoms with Crippen molar-refractivity contribution in [2.24, 2.45) is 0 Å². The molecule has 0 saturated heterocycles. The first-order chi connectivity index (χ1) is 6.36. The molecule has 1 rings (SSSR count). The van der Waals surface area contributed by atoms with Gasteiger partial charge in [0.1, 0.15) is 11.6 Å². The predicted molar refractivity (Wildman–Crippen MR) is 51.8 cm³/mol. The fourth-order valence-corrected chi connectivity index (χ4v) is 0.901. The number of anilines is 2.